The third-order valence-corrected chi connectivity index (χ3v) is 3.92. The quantitative estimate of drug-likeness (QED) is 0.507. The van der Waals surface area contributed by atoms with Crippen molar-refractivity contribution in [3.05, 3.63) is 40.5 Å². The van der Waals surface area contributed by atoms with Crippen LogP contribution in [0.15, 0.2) is 22.7 Å². The van der Waals surface area contributed by atoms with Crippen LogP contribution in [0.1, 0.15) is 63.9 Å². The Labute approximate surface area is 158 Å². The van der Waals surface area contributed by atoms with Gasteiger partial charge in [-0.05, 0) is 44.0 Å². The van der Waals surface area contributed by atoms with Gasteiger partial charge in [-0.25, -0.2) is 0 Å². The summed E-state index contributed by atoms with van der Waals surface area (Å²) in [5, 5.41) is 4.60. The van der Waals surface area contributed by atoms with Gasteiger partial charge in [0.15, 0.2) is 11.9 Å². The Morgan fingerprint density at radius 3 is 2.69 bits per heavy atom. The van der Waals surface area contributed by atoms with Gasteiger partial charge in [0.2, 0.25) is 0 Å². The molecule has 1 heterocycles. The van der Waals surface area contributed by atoms with Crippen molar-refractivity contribution in [1.82, 2.24) is 10.1 Å². The number of esters is 1. The number of rotatable bonds is 7. The normalized spacial score (nSPS) is 12.7. The summed E-state index contributed by atoms with van der Waals surface area (Å²) in [6, 6.07) is 5.43. The molecule has 0 aliphatic carbocycles. The Morgan fingerprint density at radius 1 is 1.35 bits per heavy atom. The number of halogens is 1. The van der Waals surface area contributed by atoms with Gasteiger partial charge in [-0.15, -0.1) is 0 Å². The summed E-state index contributed by atoms with van der Waals surface area (Å²) < 4.78 is 16.2. The van der Waals surface area contributed by atoms with Crippen molar-refractivity contribution in [3.8, 4) is 5.75 Å². The van der Waals surface area contributed by atoms with Crippen molar-refractivity contribution in [1.29, 1.82) is 0 Å². The Hall–Kier alpha value is -2.08. The average Bonchev–Trinajstić information content (AvgIpc) is 3.03. The van der Waals surface area contributed by atoms with E-state index in [1.54, 1.807) is 13.0 Å². The van der Waals surface area contributed by atoms with Crippen LogP contribution in [0.2, 0.25) is 5.02 Å². The molecule has 0 aliphatic heterocycles. The van der Waals surface area contributed by atoms with Crippen molar-refractivity contribution in [2.45, 2.75) is 59.0 Å². The number of aromatic nitrogens is 2. The molecule has 1 unspecified atom stereocenters. The molecule has 1 atom stereocenters. The van der Waals surface area contributed by atoms with E-state index < -0.39 is 6.10 Å². The van der Waals surface area contributed by atoms with Crippen LogP contribution >= 0.6 is 11.6 Å². The predicted octanol–water partition coefficient (Wildman–Crippen LogP) is 4.79. The van der Waals surface area contributed by atoms with Gasteiger partial charge in [0.1, 0.15) is 5.75 Å². The number of carbonyl (C=O) groups is 1. The molecule has 142 valence electrons. The smallest absolute Gasteiger partial charge is 0.306 e. The second-order valence-electron chi connectivity index (χ2n) is 7.20. The van der Waals surface area contributed by atoms with Crippen LogP contribution in [0, 0.1) is 6.92 Å². The van der Waals surface area contributed by atoms with E-state index in [1.807, 2.05) is 39.8 Å². The van der Waals surface area contributed by atoms with Gasteiger partial charge in [0, 0.05) is 16.9 Å². The van der Waals surface area contributed by atoms with Crippen LogP contribution in [0.3, 0.4) is 0 Å². The molecular formula is C19H25ClN2O4. The van der Waals surface area contributed by atoms with Crippen LogP contribution in [0.4, 0.5) is 0 Å². The summed E-state index contributed by atoms with van der Waals surface area (Å²) in [7, 11) is 0. The average molecular weight is 381 g/mol. The third kappa shape index (κ3) is 5.73. The highest BCUT2D eigenvalue weighted by Gasteiger charge is 2.24. The summed E-state index contributed by atoms with van der Waals surface area (Å²) in [6.07, 6.45) is 0.215. The maximum atomic E-state index is 12.0. The van der Waals surface area contributed by atoms with E-state index in [9.17, 15) is 4.79 Å². The molecule has 0 N–H and O–H groups in total. The van der Waals surface area contributed by atoms with E-state index in [0.717, 1.165) is 11.3 Å². The first kappa shape index (κ1) is 20.2. The molecule has 1 aromatic carbocycles. The lowest BCUT2D eigenvalue weighted by atomic mass is 9.96. The van der Waals surface area contributed by atoms with E-state index >= 15 is 0 Å². The maximum absolute atomic E-state index is 12.0. The van der Waals surface area contributed by atoms with Crippen molar-refractivity contribution in [2.24, 2.45) is 0 Å². The van der Waals surface area contributed by atoms with Crippen LogP contribution in [-0.2, 0) is 14.9 Å². The monoisotopic (exact) mass is 380 g/mol. The standard InChI is InChI=1S/C19H25ClN2O4/c1-12-11-14(20)8-9-15(12)24-10-6-7-16(23)25-13(2)17-21-18(22-26-17)19(3,4)5/h8-9,11,13H,6-7,10H2,1-5H3. The predicted molar refractivity (Wildman–Crippen MR) is 98.4 cm³/mol. The zero-order valence-corrected chi connectivity index (χ0v) is 16.6. The molecule has 0 bridgehead atoms. The van der Waals surface area contributed by atoms with E-state index in [2.05, 4.69) is 10.1 Å². The first-order valence-corrected chi connectivity index (χ1v) is 8.97. The highest BCUT2D eigenvalue weighted by atomic mass is 35.5. The third-order valence-electron chi connectivity index (χ3n) is 3.69. The molecule has 0 saturated heterocycles. The Bertz CT molecular complexity index is 752. The number of nitrogens with zero attached hydrogens (tertiary/aromatic N) is 2. The number of aryl methyl sites for hydroxylation is 1. The summed E-state index contributed by atoms with van der Waals surface area (Å²) in [5.41, 5.74) is 0.738. The van der Waals surface area contributed by atoms with Crippen molar-refractivity contribution >= 4 is 17.6 Å². The van der Waals surface area contributed by atoms with Gasteiger partial charge in [0.05, 0.1) is 6.61 Å². The Kier molecular flexibility index (Phi) is 6.64. The molecule has 0 aliphatic rings. The van der Waals surface area contributed by atoms with Gasteiger partial charge >= 0.3 is 5.97 Å². The van der Waals surface area contributed by atoms with Crippen LogP contribution in [0.25, 0.3) is 0 Å². The zero-order valence-electron chi connectivity index (χ0n) is 15.8. The summed E-state index contributed by atoms with van der Waals surface area (Å²) in [5.74, 6) is 1.32. The lowest BCUT2D eigenvalue weighted by Gasteiger charge is -2.12. The molecule has 1 aromatic heterocycles. The number of carbonyl (C=O) groups excluding carboxylic acids is 1. The number of ether oxygens (including phenoxy) is 2. The van der Waals surface area contributed by atoms with Gasteiger partial charge in [-0.2, -0.15) is 4.98 Å². The fourth-order valence-electron chi connectivity index (χ4n) is 2.18. The summed E-state index contributed by atoms with van der Waals surface area (Å²) in [6.45, 7) is 10.0. The maximum Gasteiger partial charge on any atom is 0.306 e. The van der Waals surface area contributed by atoms with Crippen molar-refractivity contribution < 1.29 is 18.8 Å². The molecular weight excluding hydrogens is 356 g/mol. The minimum Gasteiger partial charge on any atom is -0.493 e. The number of hydrogen-bond donors (Lipinski definition) is 0. The van der Waals surface area contributed by atoms with Gasteiger partial charge < -0.3 is 14.0 Å². The minimum atomic E-state index is -0.578. The minimum absolute atomic E-state index is 0.220. The SMILES string of the molecule is Cc1cc(Cl)ccc1OCCCC(=O)OC(C)c1nc(C(C)(C)C)no1. The van der Waals surface area contributed by atoms with Crippen LogP contribution in [-0.4, -0.2) is 22.7 Å². The first-order chi connectivity index (χ1) is 12.2. The fraction of sp³-hybridized carbons (Fsp3) is 0.526. The van der Waals surface area contributed by atoms with Crippen LogP contribution in [0.5, 0.6) is 5.75 Å². The number of hydrogen-bond acceptors (Lipinski definition) is 6. The van der Waals surface area contributed by atoms with Gasteiger partial charge in [0.25, 0.3) is 5.89 Å². The molecule has 0 amide bonds. The lowest BCUT2D eigenvalue weighted by Crippen LogP contribution is -2.14. The van der Waals surface area contributed by atoms with Gasteiger partial charge in [-0.1, -0.05) is 37.5 Å². The molecule has 6 nitrogen and oxygen atoms in total. The van der Waals surface area contributed by atoms with Crippen molar-refractivity contribution in [2.75, 3.05) is 6.61 Å². The molecule has 0 saturated carbocycles. The summed E-state index contributed by atoms with van der Waals surface area (Å²) in [4.78, 5) is 16.3. The second-order valence-corrected chi connectivity index (χ2v) is 7.64. The van der Waals surface area contributed by atoms with E-state index in [-0.39, 0.29) is 17.8 Å². The topological polar surface area (TPSA) is 74.5 Å². The Morgan fingerprint density at radius 2 is 2.08 bits per heavy atom. The van der Waals surface area contributed by atoms with E-state index in [4.69, 9.17) is 25.6 Å². The van der Waals surface area contributed by atoms with Crippen LogP contribution < -0.4 is 4.74 Å². The Balaban J connectivity index is 1.75. The molecule has 2 rings (SSSR count). The van der Waals surface area contributed by atoms with Gasteiger partial charge in [-0.3, -0.25) is 4.79 Å². The second kappa shape index (κ2) is 8.54. The molecule has 0 spiro atoms. The highest BCUT2D eigenvalue weighted by Crippen LogP contribution is 2.23. The molecule has 0 radical (unpaired) electrons. The van der Waals surface area contributed by atoms with E-state index in [1.165, 1.54) is 0 Å². The zero-order chi connectivity index (χ0) is 19.3. The summed E-state index contributed by atoms with van der Waals surface area (Å²) >= 11 is 5.91. The van der Waals surface area contributed by atoms with E-state index in [0.29, 0.717) is 29.8 Å². The molecule has 7 heteroatoms. The molecule has 0 fully saturated rings. The fourth-order valence-corrected chi connectivity index (χ4v) is 2.41. The lowest BCUT2D eigenvalue weighted by molar-refractivity contribution is -0.150. The number of benzene rings is 1. The highest BCUT2D eigenvalue weighted by molar-refractivity contribution is 6.30. The molecule has 26 heavy (non-hydrogen) atoms. The largest absolute Gasteiger partial charge is 0.493 e. The molecule has 2 aromatic rings. The van der Waals surface area contributed by atoms with Crippen molar-refractivity contribution in [3.63, 3.8) is 0 Å². The first-order valence-electron chi connectivity index (χ1n) is 8.59.